The fourth-order valence-corrected chi connectivity index (χ4v) is 3.99. The van der Waals surface area contributed by atoms with Gasteiger partial charge in [0.1, 0.15) is 11.5 Å². The largest absolute Gasteiger partial charge is 0.427 e. The maximum atomic E-state index is 13.1. The van der Waals surface area contributed by atoms with Crippen molar-refractivity contribution < 1.29 is 23.3 Å². The van der Waals surface area contributed by atoms with E-state index in [9.17, 15) is 13.8 Å². The molecule has 1 saturated carbocycles. The number of rotatable bonds is 5. The third-order valence-corrected chi connectivity index (χ3v) is 5.42. The number of hydrogen-bond donors (Lipinski definition) is 0. The van der Waals surface area contributed by atoms with Crippen molar-refractivity contribution in [1.82, 2.24) is 0 Å². The van der Waals surface area contributed by atoms with E-state index in [1.165, 1.54) is 13.8 Å². The van der Waals surface area contributed by atoms with Gasteiger partial charge in [-0.25, -0.2) is 0 Å². The number of benzene rings is 2. The average molecular weight is 395 g/mol. The van der Waals surface area contributed by atoms with E-state index in [1.54, 1.807) is 37.5 Å². The molecule has 28 heavy (non-hydrogen) atoms. The highest BCUT2D eigenvalue weighted by atomic mass is 32.2. The smallest absolute Gasteiger partial charge is 0.308 e. The summed E-state index contributed by atoms with van der Waals surface area (Å²) in [5, 5.41) is 0.581. The van der Waals surface area contributed by atoms with Crippen molar-refractivity contribution in [3.8, 4) is 11.5 Å². The van der Waals surface area contributed by atoms with Crippen LogP contribution in [0.15, 0.2) is 47.4 Å². The first-order valence-electron chi connectivity index (χ1n) is 8.60. The molecule has 1 fully saturated rings. The quantitative estimate of drug-likeness (QED) is 0.570. The van der Waals surface area contributed by atoms with E-state index < -0.39 is 22.7 Å². The number of aryl methyl sites for hydroxylation is 1. The number of carbonyl (C=O) groups is 2. The summed E-state index contributed by atoms with van der Waals surface area (Å²) in [6.07, 6.45) is 5.34. The van der Waals surface area contributed by atoms with E-state index in [-0.39, 0.29) is 0 Å². The molecule has 1 atom stereocenters. The van der Waals surface area contributed by atoms with Gasteiger partial charge in [0.25, 0.3) is 0 Å². The van der Waals surface area contributed by atoms with E-state index in [1.807, 2.05) is 31.2 Å². The maximum absolute atomic E-state index is 13.1. The van der Waals surface area contributed by atoms with Gasteiger partial charge in [-0.15, -0.1) is 0 Å². The lowest BCUT2D eigenvalue weighted by molar-refractivity contribution is -0.133. The van der Waals surface area contributed by atoms with Crippen molar-refractivity contribution >= 4 is 22.7 Å². The van der Waals surface area contributed by atoms with Gasteiger partial charge in [-0.1, -0.05) is 17.7 Å². The summed E-state index contributed by atoms with van der Waals surface area (Å²) in [4.78, 5) is 23.5. The first kappa shape index (κ1) is 20.3. The van der Waals surface area contributed by atoms with Gasteiger partial charge < -0.3 is 9.47 Å². The molecule has 0 bridgehead atoms. The van der Waals surface area contributed by atoms with Crippen molar-refractivity contribution in [2.75, 3.05) is 0 Å². The zero-order valence-electron chi connectivity index (χ0n) is 15.7. The monoisotopic (exact) mass is 395 g/mol. The Kier molecular flexibility index (Phi) is 6.29. The third-order valence-electron chi connectivity index (χ3n) is 3.97. The highest BCUT2D eigenvalue weighted by Gasteiger charge is 2.38. The Balaban J connectivity index is 1.96. The molecule has 0 N–H and O–H groups in total. The Morgan fingerprint density at radius 2 is 1.57 bits per heavy atom. The van der Waals surface area contributed by atoms with Crippen LogP contribution in [0.3, 0.4) is 0 Å². The minimum absolute atomic E-state index is 0.303. The molecule has 1 aliphatic carbocycles. The molecule has 0 spiro atoms. The molecule has 0 saturated heterocycles. The second-order valence-corrected chi connectivity index (χ2v) is 7.68. The van der Waals surface area contributed by atoms with Gasteiger partial charge in [0.2, 0.25) is 0 Å². The number of ether oxygens (including phenoxy) is 2. The molecule has 2 aromatic carbocycles. The average Bonchev–Trinajstić information content (AvgIpc) is 3.11. The lowest BCUT2D eigenvalue weighted by Crippen LogP contribution is -2.15. The molecule has 0 heterocycles. The molecule has 2 aromatic rings. The molecule has 3 rings (SSSR count). The SMILES string of the molecule is CC(=O)Oc1ccc(OC(C)=O)c([C]2[CH][CH][CH][C]2[S@@](=O)c2ccc(C)cc2)c1. The van der Waals surface area contributed by atoms with Crippen molar-refractivity contribution in [3.63, 3.8) is 0 Å². The predicted molar refractivity (Wildman–Crippen MR) is 105 cm³/mol. The first-order valence-corrected chi connectivity index (χ1v) is 9.75. The molecule has 143 valence electrons. The Morgan fingerprint density at radius 3 is 2.21 bits per heavy atom. The van der Waals surface area contributed by atoms with Crippen molar-refractivity contribution in [3.05, 3.63) is 84.0 Å². The van der Waals surface area contributed by atoms with Crippen LogP contribution in [-0.4, -0.2) is 16.1 Å². The van der Waals surface area contributed by atoms with E-state index in [2.05, 4.69) is 0 Å². The van der Waals surface area contributed by atoms with Crippen LogP contribution < -0.4 is 9.47 Å². The fraction of sp³-hybridized carbons (Fsp3) is 0.136. The minimum Gasteiger partial charge on any atom is -0.427 e. The molecule has 0 unspecified atom stereocenters. The van der Waals surface area contributed by atoms with E-state index >= 15 is 0 Å². The van der Waals surface area contributed by atoms with Crippen LogP contribution in [-0.2, 0) is 20.4 Å². The van der Waals surface area contributed by atoms with Gasteiger partial charge in [-0.2, -0.15) is 0 Å². The normalized spacial score (nSPS) is 16.0. The van der Waals surface area contributed by atoms with E-state index in [0.717, 1.165) is 5.56 Å². The van der Waals surface area contributed by atoms with Crippen LogP contribution in [0.5, 0.6) is 11.5 Å². The molecule has 0 aliphatic heterocycles. The Labute approximate surface area is 167 Å². The Hall–Kier alpha value is -2.47. The standard InChI is InChI=1S/C22H19O5S/c1-14-7-10-18(11-8-14)28(25)22-6-4-5-19(22)20-13-17(26-15(2)23)9-12-21(20)27-16(3)24/h4-13H,1-3H3/t28-/m0/s1. The Morgan fingerprint density at radius 1 is 0.893 bits per heavy atom. The molecule has 0 aromatic heterocycles. The van der Waals surface area contributed by atoms with Gasteiger partial charge in [0.05, 0.1) is 16.0 Å². The van der Waals surface area contributed by atoms with Crippen LogP contribution >= 0.6 is 0 Å². The molecule has 6 heteroatoms. The van der Waals surface area contributed by atoms with Crippen LogP contribution in [0.1, 0.15) is 25.0 Å². The molecule has 0 amide bonds. The molecule has 1 aliphatic rings. The molecular weight excluding hydrogens is 376 g/mol. The second-order valence-electron chi connectivity index (χ2n) is 6.23. The fourth-order valence-electron chi connectivity index (χ4n) is 2.77. The predicted octanol–water partition coefficient (Wildman–Crippen LogP) is 3.73. The highest BCUT2D eigenvalue weighted by molar-refractivity contribution is 7.88. The van der Waals surface area contributed by atoms with Gasteiger partial charge in [-0.3, -0.25) is 13.8 Å². The summed E-state index contributed by atoms with van der Waals surface area (Å²) in [5.74, 6) is 0.319. The summed E-state index contributed by atoms with van der Waals surface area (Å²) >= 11 is 0. The van der Waals surface area contributed by atoms with Crippen LogP contribution in [0.2, 0.25) is 0 Å². The summed E-state index contributed by atoms with van der Waals surface area (Å²) < 4.78 is 23.6. The topological polar surface area (TPSA) is 69.7 Å². The van der Waals surface area contributed by atoms with E-state index in [4.69, 9.17) is 9.47 Å². The number of carbonyl (C=O) groups excluding carboxylic acids is 2. The zero-order valence-corrected chi connectivity index (χ0v) is 16.5. The van der Waals surface area contributed by atoms with Crippen molar-refractivity contribution in [2.45, 2.75) is 25.7 Å². The number of hydrogen-bond acceptors (Lipinski definition) is 5. The molecule has 5 radical (unpaired) electrons. The third kappa shape index (κ3) is 4.68. The first-order chi connectivity index (χ1) is 13.3. The van der Waals surface area contributed by atoms with Gasteiger partial charge in [-0.05, 0) is 56.5 Å². The van der Waals surface area contributed by atoms with Gasteiger partial charge in [0, 0.05) is 30.2 Å². The van der Waals surface area contributed by atoms with Crippen molar-refractivity contribution in [2.24, 2.45) is 0 Å². The Bertz CT molecular complexity index is 904. The second kappa shape index (κ2) is 8.69. The summed E-state index contributed by atoms with van der Waals surface area (Å²) in [7, 11) is -1.42. The van der Waals surface area contributed by atoms with Crippen LogP contribution in [0.25, 0.3) is 0 Å². The van der Waals surface area contributed by atoms with Crippen LogP contribution in [0, 0.1) is 37.4 Å². The summed E-state index contributed by atoms with van der Waals surface area (Å²) in [6.45, 7) is 4.58. The lowest BCUT2D eigenvalue weighted by atomic mass is 9.96. The maximum Gasteiger partial charge on any atom is 0.308 e. The highest BCUT2D eigenvalue weighted by Crippen LogP contribution is 2.46. The lowest BCUT2D eigenvalue weighted by Gasteiger charge is -2.21. The summed E-state index contributed by atoms with van der Waals surface area (Å²) in [5.41, 5.74) is 1.60. The van der Waals surface area contributed by atoms with Crippen LogP contribution in [0.4, 0.5) is 0 Å². The van der Waals surface area contributed by atoms with Gasteiger partial charge in [0.15, 0.2) is 0 Å². The van der Waals surface area contributed by atoms with Crippen molar-refractivity contribution in [1.29, 1.82) is 0 Å². The zero-order chi connectivity index (χ0) is 20.3. The molecule has 5 nitrogen and oxygen atoms in total. The molecular formula is C22H19O5S. The number of esters is 2. The minimum atomic E-state index is -1.42. The van der Waals surface area contributed by atoms with Gasteiger partial charge >= 0.3 is 11.9 Å². The van der Waals surface area contributed by atoms with E-state index in [0.29, 0.717) is 33.1 Å². The summed E-state index contributed by atoms with van der Waals surface area (Å²) in [6, 6.07) is 12.2.